The summed E-state index contributed by atoms with van der Waals surface area (Å²) in [6, 6.07) is 7.55. The van der Waals surface area contributed by atoms with E-state index in [0.29, 0.717) is 0 Å². The first kappa shape index (κ1) is 26.0. The summed E-state index contributed by atoms with van der Waals surface area (Å²) in [6.45, 7) is 11.3. The van der Waals surface area contributed by atoms with Crippen molar-refractivity contribution in [1.82, 2.24) is 5.32 Å². The fraction of sp³-hybridized carbons (Fsp3) is 0.591. The van der Waals surface area contributed by atoms with Crippen LogP contribution in [0.4, 0.5) is 18.0 Å². The molecule has 1 aromatic rings. The molecule has 1 unspecified atom stereocenters. The maximum Gasteiger partial charge on any atom is 0.534 e. The smallest absolute Gasteiger partial charge is 0.444 e. The highest BCUT2D eigenvalue weighted by Crippen LogP contribution is 2.40. The number of ether oxygens (including phenoxy) is 1. The van der Waals surface area contributed by atoms with Crippen LogP contribution in [0, 0.1) is 0 Å². The molecule has 10 heteroatoms. The Morgan fingerprint density at radius 3 is 2.19 bits per heavy atom. The maximum absolute atomic E-state index is 12.7. The van der Waals surface area contributed by atoms with Crippen LogP contribution in [0.15, 0.2) is 36.1 Å². The first-order valence-electron chi connectivity index (χ1n) is 10.2. The average molecular weight is 478 g/mol. The lowest BCUT2D eigenvalue weighted by molar-refractivity contribution is -0.0525. The number of carbonyl (C=O) groups excluding carboxylic acids is 1. The second kappa shape index (κ2) is 8.61. The van der Waals surface area contributed by atoms with Crippen LogP contribution >= 0.6 is 0 Å². The molecule has 0 fully saturated rings. The van der Waals surface area contributed by atoms with Crippen molar-refractivity contribution < 1.29 is 35.3 Å². The fourth-order valence-corrected chi connectivity index (χ4v) is 3.85. The van der Waals surface area contributed by atoms with Gasteiger partial charge in [-0.05, 0) is 56.2 Å². The SMILES string of the molecule is CC(C)(C)OC(=O)NC1(c2cccc(C(C)(C)C)c2)CC=C(OS(=O)(=O)C(F)(F)F)CC1. The minimum Gasteiger partial charge on any atom is -0.444 e. The van der Waals surface area contributed by atoms with E-state index < -0.39 is 32.9 Å². The van der Waals surface area contributed by atoms with Crippen LogP contribution in [0.2, 0.25) is 0 Å². The number of hydrogen-bond acceptors (Lipinski definition) is 5. The van der Waals surface area contributed by atoms with Gasteiger partial charge in [0.1, 0.15) is 11.4 Å². The van der Waals surface area contributed by atoms with Gasteiger partial charge in [0, 0.05) is 6.42 Å². The zero-order valence-corrected chi connectivity index (χ0v) is 19.9. The molecule has 0 saturated carbocycles. The van der Waals surface area contributed by atoms with E-state index >= 15 is 0 Å². The first-order valence-corrected chi connectivity index (χ1v) is 11.6. The van der Waals surface area contributed by atoms with Crippen LogP contribution in [-0.4, -0.2) is 25.6 Å². The highest BCUT2D eigenvalue weighted by atomic mass is 32.2. The monoisotopic (exact) mass is 477 g/mol. The van der Waals surface area contributed by atoms with Crippen molar-refractivity contribution in [3.8, 4) is 0 Å². The van der Waals surface area contributed by atoms with Gasteiger partial charge < -0.3 is 14.2 Å². The third kappa shape index (κ3) is 6.40. The largest absolute Gasteiger partial charge is 0.534 e. The number of nitrogens with one attached hydrogen (secondary N) is 1. The average Bonchev–Trinajstić information content (AvgIpc) is 2.60. The molecule has 0 bridgehead atoms. The number of allylic oxidation sites excluding steroid dienone is 1. The normalized spacial score (nSPS) is 20.3. The molecule has 6 nitrogen and oxygen atoms in total. The lowest BCUT2D eigenvalue weighted by atomic mass is 9.76. The van der Waals surface area contributed by atoms with Crippen molar-refractivity contribution >= 4 is 16.2 Å². The molecule has 0 aliphatic heterocycles. The van der Waals surface area contributed by atoms with Gasteiger partial charge in [0.2, 0.25) is 0 Å². The zero-order valence-electron chi connectivity index (χ0n) is 19.1. The lowest BCUT2D eigenvalue weighted by Gasteiger charge is -2.38. The second-order valence-corrected chi connectivity index (χ2v) is 11.4. The molecule has 1 atom stereocenters. The quantitative estimate of drug-likeness (QED) is 0.448. The summed E-state index contributed by atoms with van der Waals surface area (Å²) in [6.07, 6.45) is 0.625. The Bertz CT molecular complexity index is 988. The van der Waals surface area contributed by atoms with Gasteiger partial charge in [-0.2, -0.15) is 21.6 Å². The Kier molecular flexibility index (Phi) is 7.00. The summed E-state index contributed by atoms with van der Waals surface area (Å²) in [7, 11) is -5.75. The Labute approximate surface area is 187 Å². The summed E-state index contributed by atoms with van der Waals surface area (Å²) in [5, 5.41) is 2.86. The van der Waals surface area contributed by atoms with Crippen LogP contribution < -0.4 is 5.32 Å². The van der Waals surface area contributed by atoms with Gasteiger partial charge in [0.25, 0.3) is 0 Å². The van der Waals surface area contributed by atoms with Crippen LogP contribution in [0.1, 0.15) is 71.9 Å². The summed E-state index contributed by atoms with van der Waals surface area (Å²) in [5.74, 6) is -0.309. The van der Waals surface area contributed by atoms with Crippen molar-refractivity contribution in [3.05, 3.63) is 47.2 Å². The molecule has 1 amide bonds. The summed E-state index contributed by atoms with van der Waals surface area (Å²) < 4.78 is 70.4. The number of alkyl carbamates (subject to hydrolysis) is 1. The molecule has 1 N–H and O–H groups in total. The van der Waals surface area contributed by atoms with Crippen molar-refractivity contribution in [2.75, 3.05) is 0 Å². The lowest BCUT2D eigenvalue weighted by Crippen LogP contribution is -2.48. The number of rotatable bonds is 4. The number of halogens is 3. The number of benzene rings is 1. The van der Waals surface area contributed by atoms with E-state index in [1.54, 1.807) is 20.8 Å². The van der Waals surface area contributed by atoms with Crippen LogP contribution in [-0.2, 0) is 30.0 Å². The molecule has 1 aliphatic rings. The predicted molar refractivity (Wildman–Crippen MR) is 114 cm³/mol. The highest BCUT2D eigenvalue weighted by Gasteiger charge is 2.49. The van der Waals surface area contributed by atoms with E-state index in [4.69, 9.17) is 4.74 Å². The fourth-order valence-electron chi connectivity index (χ4n) is 3.32. The second-order valence-electron chi connectivity index (χ2n) is 9.90. The van der Waals surface area contributed by atoms with Crippen molar-refractivity contribution in [1.29, 1.82) is 0 Å². The Hall–Kier alpha value is -2.23. The first-order chi connectivity index (χ1) is 14.3. The Balaban J connectivity index is 2.42. The third-order valence-corrected chi connectivity index (χ3v) is 6.00. The highest BCUT2D eigenvalue weighted by molar-refractivity contribution is 7.87. The van der Waals surface area contributed by atoms with Crippen LogP contribution in [0.5, 0.6) is 0 Å². The van der Waals surface area contributed by atoms with Gasteiger partial charge in [0.05, 0.1) is 5.54 Å². The molecule has 1 aromatic carbocycles. The molecular formula is C22H30F3NO5S. The topological polar surface area (TPSA) is 81.7 Å². The molecule has 0 radical (unpaired) electrons. The van der Waals surface area contributed by atoms with E-state index in [1.165, 1.54) is 6.08 Å². The molecule has 1 aliphatic carbocycles. The van der Waals surface area contributed by atoms with Crippen molar-refractivity contribution in [2.45, 2.75) is 82.9 Å². The summed E-state index contributed by atoms with van der Waals surface area (Å²) in [5.41, 5.74) is -5.70. The molecule has 0 spiro atoms. The van der Waals surface area contributed by atoms with Crippen molar-refractivity contribution in [3.63, 3.8) is 0 Å². The van der Waals surface area contributed by atoms with Gasteiger partial charge in [0.15, 0.2) is 0 Å². The van der Waals surface area contributed by atoms with Crippen molar-refractivity contribution in [2.24, 2.45) is 0 Å². The molecule has 32 heavy (non-hydrogen) atoms. The zero-order chi connectivity index (χ0) is 24.6. The Morgan fingerprint density at radius 2 is 1.72 bits per heavy atom. The summed E-state index contributed by atoms with van der Waals surface area (Å²) in [4.78, 5) is 12.6. The molecule has 0 aromatic heterocycles. The van der Waals surface area contributed by atoms with Gasteiger partial charge in [-0.1, -0.05) is 45.0 Å². The van der Waals surface area contributed by atoms with Gasteiger partial charge in [-0.15, -0.1) is 0 Å². The molecule has 0 heterocycles. The van der Waals surface area contributed by atoms with E-state index in [2.05, 4.69) is 9.50 Å². The Morgan fingerprint density at radius 1 is 1.09 bits per heavy atom. The van der Waals surface area contributed by atoms with Gasteiger partial charge >= 0.3 is 21.7 Å². The van der Waals surface area contributed by atoms with Gasteiger partial charge in [-0.25, -0.2) is 4.79 Å². The van der Waals surface area contributed by atoms with Crippen LogP contribution in [0.25, 0.3) is 0 Å². The number of amides is 1. The molecule has 180 valence electrons. The summed E-state index contributed by atoms with van der Waals surface area (Å²) >= 11 is 0. The number of hydrogen-bond donors (Lipinski definition) is 1. The predicted octanol–water partition coefficient (Wildman–Crippen LogP) is 5.64. The standard InChI is InChI=1S/C22H30F3NO5S/c1-19(2,3)15-8-7-9-16(14-15)21(26-18(27)30-20(4,5)6)12-10-17(11-13-21)31-32(28,29)22(23,24)25/h7-10,14H,11-13H2,1-6H3,(H,26,27). The minimum atomic E-state index is -5.75. The maximum atomic E-state index is 12.7. The molecular weight excluding hydrogens is 447 g/mol. The molecule has 2 rings (SSSR count). The number of carbonyl (C=O) groups is 1. The van der Waals surface area contributed by atoms with Crippen LogP contribution in [0.3, 0.4) is 0 Å². The number of alkyl halides is 3. The van der Waals surface area contributed by atoms with E-state index in [9.17, 15) is 26.4 Å². The molecule has 0 saturated heterocycles. The minimum absolute atomic E-state index is 0.0303. The third-order valence-electron chi connectivity index (χ3n) is 5.00. The van der Waals surface area contributed by atoms with E-state index in [-0.39, 0.29) is 30.4 Å². The van der Waals surface area contributed by atoms with Gasteiger partial charge in [-0.3, -0.25) is 0 Å². The van der Waals surface area contributed by atoms with E-state index in [1.807, 2.05) is 45.0 Å². The van der Waals surface area contributed by atoms with E-state index in [0.717, 1.165) is 11.1 Å².